The molecule has 0 radical (unpaired) electrons. The highest BCUT2D eigenvalue weighted by molar-refractivity contribution is 9.10. The number of nitro groups is 1. The van der Waals surface area contributed by atoms with Crippen LogP contribution in [0.4, 0.5) is 15.8 Å². The highest BCUT2D eigenvalue weighted by Gasteiger charge is 2.19. The molecule has 0 bridgehead atoms. The van der Waals surface area contributed by atoms with Gasteiger partial charge in [-0.3, -0.25) is 10.1 Å². The minimum atomic E-state index is -0.660. The zero-order valence-corrected chi connectivity index (χ0v) is 11.7. The monoisotopic (exact) mass is 320 g/mol. The van der Waals surface area contributed by atoms with Crippen LogP contribution in [-0.4, -0.2) is 24.7 Å². The maximum absolute atomic E-state index is 13.3. The molecule has 5 nitrogen and oxygen atoms in total. The van der Waals surface area contributed by atoms with E-state index in [9.17, 15) is 14.5 Å². The van der Waals surface area contributed by atoms with E-state index in [0.717, 1.165) is 12.5 Å². The molecule has 0 spiro atoms. The van der Waals surface area contributed by atoms with Crippen LogP contribution < -0.4 is 5.32 Å². The third kappa shape index (κ3) is 3.64. The van der Waals surface area contributed by atoms with E-state index in [-0.39, 0.29) is 21.9 Å². The van der Waals surface area contributed by atoms with Gasteiger partial charge in [-0.1, -0.05) is 6.92 Å². The number of hydrogen-bond donors (Lipinski definition) is 1. The second kappa shape index (κ2) is 6.65. The lowest BCUT2D eigenvalue weighted by atomic mass is 10.2. The van der Waals surface area contributed by atoms with E-state index in [1.54, 1.807) is 7.11 Å². The molecular formula is C11H14BrFN2O3. The smallest absolute Gasteiger partial charge is 0.295 e. The fourth-order valence-electron chi connectivity index (χ4n) is 1.49. The molecule has 0 saturated heterocycles. The topological polar surface area (TPSA) is 64.4 Å². The molecule has 1 aromatic carbocycles. The van der Waals surface area contributed by atoms with E-state index in [4.69, 9.17) is 4.74 Å². The molecule has 1 N–H and O–H groups in total. The summed E-state index contributed by atoms with van der Waals surface area (Å²) in [4.78, 5) is 10.3. The molecule has 1 unspecified atom stereocenters. The summed E-state index contributed by atoms with van der Waals surface area (Å²) in [6.07, 6.45) is 0.736. The minimum Gasteiger partial charge on any atom is -0.383 e. The number of hydrogen-bond acceptors (Lipinski definition) is 4. The Labute approximate surface area is 113 Å². The van der Waals surface area contributed by atoms with Crippen LogP contribution in [0.5, 0.6) is 0 Å². The number of nitrogens with zero attached hydrogens (tertiary/aromatic N) is 1. The third-order valence-corrected chi connectivity index (χ3v) is 3.06. The quantitative estimate of drug-likeness (QED) is 0.645. The molecule has 0 aliphatic heterocycles. The van der Waals surface area contributed by atoms with Crippen LogP contribution in [0.3, 0.4) is 0 Å². The van der Waals surface area contributed by atoms with Crippen molar-refractivity contribution in [3.8, 4) is 0 Å². The Hall–Kier alpha value is -1.21. The Morgan fingerprint density at radius 3 is 2.78 bits per heavy atom. The summed E-state index contributed by atoms with van der Waals surface area (Å²) in [6, 6.07) is 2.20. The van der Waals surface area contributed by atoms with Crippen molar-refractivity contribution in [2.24, 2.45) is 0 Å². The Kier molecular flexibility index (Phi) is 5.49. The molecule has 0 heterocycles. The van der Waals surface area contributed by atoms with Crippen molar-refractivity contribution in [1.29, 1.82) is 0 Å². The standard InChI is InChI=1S/C11H14BrFN2O3/c1-3-7(6-18-2)14-10-4-8(12)9(13)5-11(10)15(16)17/h4-5,7,14H,3,6H2,1-2H3. The second-order valence-corrected chi connectivity index (χ2v) is 4.60. The average Bonchev–Trinajstić information content (AvgIpc) is 2.32. The number of halogens is 2. The van der Waals surface area contributed by atoms with Crippen molar-refractivity contribution in [3.63, 3.8) is 0 Å². The fraction of sp³-hybridized carbons (Fsp3) is 0.455. The summed E-state index contributed by atoms with van der Waals surface area (Å²) in [5, 5.41) is 13.8. The largest absolute Gasteiger partial charge is 0.383 e. The lowest BCUT2D eigenvalue weighted by Crippen LogP contribution is -2.24. The number of nitro benzene ring substituents is 1. The summed E-state index contributed by atoms with van der Waals surface area (Å²) in [6.45, 7) is 2.35. The summed E-state index contributed by atoms with van der Waals surface area (Å²) in [7, 11) is 1.55. The lowest BCUT2D eigenvalue weighted by Gasteiger charge is -2.17. The van der Waals surface area contributed by atoms with Crippen molar-refractivity contribution in [1.82, 2.24) is 0 Å². The highest BCUT2D eigenvalue weighted by Crippen LogP contribution is 2.31. The van der Waals surface area contributed by atoms with Crippen LogP contribution in [0, 0.1) is 15.9 Å². The van der Waals surface area contributed by atoms with Gasteiger partial charge < -0.3 is 10.1 Å². The predicted octanol–water partition coefficient (Wildman–Crippen LogP) is 3.33. The lowest BCUT2D eigenvalue weighted by molar-refractivity contribution is -0.384. The zero-order chi connectivity index (χ0) is 13.7. The number of nitrogens with one attached hydrogen (secondary N) is 1. The number of benzene rings is 1. The normalized spacial score (nSPS) is 12.2. The molecule has 0 aromatic heterocycles. The van der Waals surface area contributed by atoms with Gasteiger partial charge in [0.05, 0.1) is 22.1 Å². The molecule has 0 fully saturated rings. The Morgan fingerprint density at radius 1 is 1.61 bits per heavy atom. The molecule has 0 aliphatic rings. The molecule has 18 heavy (non-hydrogen) atoms. The van der Waals surface area contributed by atoms with Crippen molar-refractivity contribution >= 4 is 27.3 Å². The third-order valence-electron chi connectivity index (χ3n) is 2.46. The molecule has 0 aliphatic carbocycles. The van der Waals surface area contributed by atoms with Crippen LogP contribution in [-0.2, 0) is 4.74 Å². The van der Waals surface area contributed by atoms with Crippen LogP contribution in [0.1, 0.15) is 13.3 Å². The van der Waals surface area contributed by atoms with Gasteiger partial charge in [-0.15, -0.1) is 0 Å². The van der Waals surface area contributed by atoms with Crippen molar-refractivity contribution in [3.05, 3.63) is 32.5 Å². The maximum Gasteiger partial charge on any atom is 0.295 e. The molecule has 0 amide bonds. The van der Waals surface area contributed by atoms with E-state index < -0.39 is 10.7 Å². The summed E-state index contributed by atoms with van der Waals surface area (Å²) in [5.74, 6) is -0.660. The van der Waals surface area contributed by atoms with Gasteiger partial charge in [0.15, 0.2) is 0 Å². The average molecular weight is 321 g/mol. The Balaban J connectivity index is 3.06. The van der Waals surface area contributed by atoms with E-state index in [0.29, 0.717) is 6.61 Å². The molecule has 1 aromatic rings. The second-order valence-electron chi connectivity index (χ2n) is 3.75. The van der Waals surface area contributed by atoms with Crippen LogP contribution in [0.15, 0.2) is 16.6 Å². The van der Waals surface area contributed by atoms with Gasteiger partial charge in [0.1, 0.15) is 11.5 Å². The Bertz CT molecular complexity index is 443. The predicted molar refractivity (Wildman–Crippen MR) is 70.3 cm³/mol. The maximum atomic E-state index is 13.3. The van der Waals surface area contributed by atoms with Gasteiger partial charge in [0.2, 0.25) is 0 Å². The summed E-state index contributed by atoms with van der Waals surface area (Å²) < 4.78 is 18.5. The highest BCUT2D eigenvalue weighted by atomic mass is 79.9. The van der Waals surface area contributed by atoms with Crippen molar-refractivity contribution in [2.45, 2.75) is 19.4 Å². The van der Waals surface area contributed by atoms with Gasteiger partial charge in [-0.25, -0.2) is 4.39 Å². The number of methoxy groups -OCH3 is 1. The zero-order valence-electron chi connectivity index (χ0n) is 10.1. The molecule has 100 valence electrons. The van der Waals surface area contributed by atoms with Crippen LogP contribution in [0.2, 0.25) is 0 Å². The SMILES string of the molecule is CCC(COC)Nc1cc(Br)c(F)cc1[N+](=O)[O-]. The first-order valence-corrected chi connectivity index (χ1v) is 6.17. The first kappa shape index (κ1) is 14.8. The molecule has 1 atom stereocenters. The van der Waals surface area contributed by atoms with Crippen LogP contribution in [0.25, 0.3) is 0 Å². The fourth-order valence-corrected chi connectivity index (χ4v) is 1.83. The molecule has 0 saturated carbocycles. The van der Waals surface area contributed by atoms with E-state index in [1.165, 1.54) is 6.07 Å². The molecule has 1 rings (SSSR count). The van der Waals surface area contributed by atoms with Gasteiger partial charge in [0.25, 0.3) is 5.69 Å². The summed E-state index contributed by atoms with van der Waals surface area (Å²) >= 11 is 3.01. The number of rotatable bonds is 6. The molecule has 7 heteroatoms. The first-order valence-electron chi connectivity index (χ1n) is 5.38. The van der Waals surface area contributed by atoms with E-state index in [1.807, 2.05) is 6.92 Å². The van der Waals surface area contributed by atoms with E-state index >= 15 is 0 Å². The number of ether oxygens (including phenoxy) is 1. The van der Waals surface area contributed by atoms with Gasteiger partial charge >= 0.3 is 0 Å². The number of anilines is 1. The minimum absolute atomic E-state index is 0.0638. The Morgan fingerprint density at radius 2 is 2.28 bits per heavy atom. The van der Waals surface area contributed by atoms with Gasteiger partial charge in [-0.2, -0.15) is 0 Å². The van der Waals surface area contributed by atoms with Crippen molar-refractivity contribution < 1.29 is 14.1 Å². The van der Waals surface area contributed by atoms with Gasteiger partial charge in [0, 0.05) is 13.2 Å². The van der Waals surface area contributed by atoms with Gasteiger partial charge in [-0.05, 0) is 28.4 Å². The van der Waals surface area contributed by atoms with Crippen molar-refractivity contribution in [2.75, 3.05) is 19.0 Å². The first-order chi connectivity index (χ1) is 8.49. The van der Waals surface area contributed by atoms with Crippen LogP contribution >= 0.6 is 15.9 Å². The van der Waals surface area contributed by atoms with E-state index in [2.05, 4.69) is 21.2 Å². The summed E-state index contributed by atoms with van der Waals surface area (Å²) in [5.41, 5.74) is -0.0116. The molecular weight excluding hydrogens is 307 g/mol.